The van der Waals surface area contributed by atoms with Gasteiger partial charge in [-0.15, -0.1) is 0 Å². The van der Waals surface area contributed by atoms with Crippen LogP contribution < -0.4 is 5.32 Å². The summed E-state index contributed by atoms with van der Waals surface area (Å²) in [4.78, 5) is 16.9. The average Bonchev–Trinajstić information content (AvgIpc) is 2.70. The first-order valence-electron chi connectivity index (χ1n) is 10.6. The van der Waals surface area contributed by atoms with Crippen LogP contribution in [-0.4, -0.2) is 34.8 Å². The van der Waals surface area contributed by atoms with Crippen molar-refractivity contribution in [1.29, 1.82) is 0 Å². The maximum atomic E-state index is 12.4. The molecule has 4 fully saturated rings. The lowest BCUT2D eigenvalue weighted by Gasteiger charge is -2.58. The number of carbonyl (C=O) groups is 1. The van der Waals surface area contributed by atoms with Gasteiger partial charge in [0.1, 0.15) is 5.56 Å². The van der Waals surface area contributed by atoms with E-state index in [0.717, 1.165) is 37.1 Å². The molecule has 0 amide bonds. The highest BCUT2D eigenvalue weighted by Gasteiger charge is 2.54. The summed E-state index contributed by atoms with van der Waals surface area (Å²) in [5.41, 5.74) is 2.94. The zero-order valence-electron chi connectivity index (χ0n) is 16.8. The van der Waals surface area contributed by atoms with Crippen molar-refractivity contribution in [3.63, 3.8) is 0 Å². The van der Waals surface area contributed by atoms with Crippen molar-refractivity contribution in [1.82, 2.24) is 4.98 Å². The second kappa shape index (κ2) is 7.13. The summed E-state index contributed by atoms with van der Waals surface area (Å²) in [5.74, 6) is 1.21. The maximum Gasteiger partial charge on any atom is 0.341 e. The van der Waals surface area contributed by atoms with Crippen LogP contribution in [0.3, 0.4) is 0 Å². The first-order valence-corrected chi connectivity index (χ1v) is 10.6. The number of hydrogen-bond acceptors (Lipinski definition) is 5. The molecule has 3 unspecified atom stereocenters. The van der Waals surface area contributed by atoms with Crippen LogP contribution in [0.2, 0.25) is 0 Å². The third-order valence-electron chi connectivity index (χ3n) is 7.16. The third kappa shape index (κ3) is 3.52. The molecule has 5 heteroatoms. The molecule has 2 aromatic rings. The summed E-state index contributed by atoms with van der Waals surface area (Å²) in [7, 11) is 1.41. The lowest BCUT2D eigenvalue weighted by molar-refractivity contribution is -0.129. The third-order valence-corrected chi connectivity index (χ3v) is 7.16. The molecular weight excluding hydrogens is 364 g/mol. The van der Waals surface area contributed by atoms with Gasteiger partial charge in [-0.3, -0.25) is 4.98 Å². The van der Waals surface area contributed by atoms with Crippen LogP contribution in [0.4, 0.5) is 5.69 Å². The quantitative estimate of drug-likeness (QED) is 0.757. The first-order chi connectivity index (χ1) is 14.0. The zero-order chi connectivity index (χ0) is 20.0. The van der Waals surface area contributed by atoms with E-state index in [1.165, 1.54) is 25.5 Å². The molecule has 2 N–H and O–H groups in total. The number of rotatable bonds is 5. The monoisotopic (exact) mass is 392 g/mol. The number of anilines is 1. The van der Waals surface area contributed by atoms with Crippen molar-refractivity contribution < 1.29 is 14.6 Å². The van der Waals surface area contributed by atoms with Crippen LogP contribution >= 0.6 is 0 Å². The highest BCUT2D eigenvalue weighted by Crippen LogP contribution is 2.56. The summed E-state index contributed by atoms with van der Waals surface area (Å²) < 4.78 is 5.00. The van der Waals surface area contributed by atoms with E-state index in [-0.39, 0.29) is 5.97 Å². The summed E-state index contributed by atoms with van der Waals surface area (Å²) >= 11 is 0. The van der Waals surface area contributed by atoms with Crippen LogP contribution in [-0.2, 0) is 11.2 Å². The SMILES string of the molecule is COC(=O)c1cnc(Cc2ccccc2)cc1NC1[C@@H]2CC3C[C@H]1CC(O)(C3)C2. The van der Waals surface area contributed by atoms with E-state index in [1.54, 1.807) is 6.20 Å². The number of hydrogen-bond donors (Lipinski definition) is 2. The highest BCUT2D eigenvalue weighted by molar-refractivity contribution is 5.95. The second-order valence-corrected chi connectivity index (χ2v) is 9.24. The minimum absolute atomic E-state index is 0.294. The predicted molar refractivity (Wildman–Crippen MR) is 111 cm³/mol. The lowest BCUT2D eigenvalue weighted by Crippen LogP contribution is -2.59. The van der Waals surface area contributed by atoms with Crippen LogP contribution in [0.25, 0.3) is 0 Å². The fourth-order valence-corrected chi connectivity index (χ4v) is 6.19. The Kier molecular flexibility index (Phi) is 4.58. The van der Waals surface area contributed by atoms with Crippen molar-refractivity contribution >= 4 is 11.7 Å². The smallest absolute Gasteiger partial charge is 0.341 e. The zero-order valence-corrected chi connectivity index (χ0v) is 16.8. The van der Waals surface area contributed by atoms with E-state index in [1.807, 2.05) is 24.3 Å². The van der Waals surface area contributed by atoms with Gasteiger partial charge in [0.25, 0.3) is 0 Å². The molecule has 5 nitrogen and oxygen atoms in total. The Balaban J connectivity index is 1.43. The van der Waals surface area contributed by atoms with Crippen molar-refractivity contribution in [2.75, 3.05) is 12.4 Å². The number of benzene rings is 1. The molecule has 0 spiro atoms. The van der Waals surface area contributed by atoms with E-state index < -0.39 is 5.60 Å². The number of methoxy groups -OCH3 is 1. The Morgan fingerprint density at radius 3 is 2.59 bits per heavy atom. The Hall–Kier alpha value is -2.40. The van der Waals surface area contributed by atoms with Crippen LogP contribution in [0.1, 0.15) is 53.7 Å². The van der Waals surface area contributed by atoms with E-state index in [9.17, 15) is 9.90 Å². The normalized spacial score (nSPS) is 32.2. The van der Waals surface area contributed by atoms with E-state index in [4.69, 9.17) is 4.74 Å². The molecule has 0 aliphatic heterocycles. The Morgan fingerprint density at radius 1 is 1.21 bits per heavy atom. The lowest BCUT2D eigenvalue weighted by atomic mass is 9.52. The molecule has 1 aromatic heterocycles. The van der Waals surface area contributed by atoms with Crippen LogP contribution in [0, 0.1) is 17.8 Å². The molecule has 4 bridgehead atoms. The van der Waals surface area contributed by atoms with Gasteiger partial charge in [-0.2, -0.15) is 0 Å². The molecule has 1 aromatic carbocycles. The molecule has 5 atom stereocenters. The Labute approximate surface area is 171 Å². The predicted octanol–water partition coefficient (Wildman–Crippen LogP) is 3.81. The molecule has 0 saturated heterocycles. The van der Waals surface area contributed by atoms with E-state index in [2.05, 4.69) is 22.4 Å². The molecular formula is C24H28N2O3. The van der Waals surface area contributed by atoms with Crippen molar-refractivity contribution in [3.8, 4) is 0 Å². The molecule has 29 heavy (non-hydrogen) atoms. The van der Waals surface area contributed by atoms with Gasteiger partial charge in [0, 0.05) is 24.4 Å². The van der Waals surface area contributed by atoms with Gasteiger partial charge < -0.3 is 15.2 Å². The number of pyridine rings is 1. The minimum Gasteiger partial charge on any atom is -0.465 e. The van der Waals surface area contributed by atoms with Gasteiger partial charge in [0.15, 0.2) is 0 Å². The van der Waals surface area contributed by atoms with Crippen molar-refractivity contribution in [3.05, 3.63) is 59.4 Å². The van der Waals surface area contributed by atoms with Crippen LogP contribution in [0.5, 0.6) is 0 Å². The van der Waals surface area contributed by atoms with Gasteiger partial charge in [0.05, 0.1) is 18.4 Å². The fourth-order valence-electron chi connectivity index (χ4n) is 6.19. The summed E-state index contributed by atoms with van der Waals surface area (Å²) in [5, 5.41) is 14.6. The summed E-state index contributed by atoms with van der Waals surface area (Å²) in [6.45, 7) is 0. The van der Waals surface area contributed by atoms with Gasteiger partial charge in [-0.05, 0) is 61.5 Å². The second-order valence-electron chi connectivity index (χ2n) is 9.24. The molecule has 4 aliphatic rings. The highest BCUT2D eigenvalue weighted by atomic mass is 16.5. The fraction of sp³-hybridized carbons (Fsp3) is 0.500. The summed E-state index contributed by atoms with van der Waals surface area (Å²) in [6.07, 6.45) is 7.40. The Bertz CT molecular complexity index is 898. The molecule has 0 radical (unpaired) electrons. The van der Waals surface area contributed by atoms with Crippen molar-refractivity contribution in [2.45, 2.75) is 50.2 Å². The number of nitrogens with zero attached hydrogens (tertiary/aromatic N) is 1. The molecule has 1 heterocycles. The maximum absolute atomic E-state index is 12.4. The number of carbonyl (C=O) groups excluding carboxylic acids is 1. The van der Waals surface area contributed by atoms with Crippen molar-refractivity contribution in [2.24, 2.45) is 17.8 Å². The number of aromatic nitrogens is 1. The van der Waals surface area contributed by atoms with Gasteiger partial charge in [-0.1, -0.05) is 30.3 Å². The van der Waals surface area contributed by atoms with Gasteiger partial charge in [-0.25, -0.2) is 4.79 Å². The summed E-state index contributed by atoms with van der Waals surface area (Å²) in [6, 6.07) is 12.5. The Morgan fingerprint density at radius 2 is 1.93 bits per heavy atom. The van der Waals surface area contributed by atoms with E-state index in [0.29, 0.717) is 29.4 Å². The minimum atomic E-state index is -0.462. The van der Waals surface area contributed by atoms with E-state index >= 15 is 0 Å². The largest absolute Gasteiger partial charge is 0.465 e. The molecule has 4 saturated carbocycles. The van der Waals surface area contributed by atoms with Crippen LogP contribution in [0.15, 0.2) is 42.6 Å². The number of esters is 1. The topological polar surface area (TPSA) is 71.5 Å². The molecule has 4 aliphatic carbocycles. The average molecular weight is 392 g/mol. The number of aliphatic hydroxyl groups is 1. The van der Waals surface area contributed by atoms with Gasteiger partial charge in [0.2, 0.25) is 0 Å². The van der Waals surface area contributed by atoms with Gasteiger partial charge >= 0.3 is 5.97 Å². The molecule has 152 valence electrons. The molecule has 6 rings (SSSR count). The first kappa shape index (κ1) is 18.6. The number of nitrogens with one attached hydrogen (secondary N) is 1. The number of ether oxygens (including phenoxy) is 1. The standard InChI is InChI=1S/C24H28N2O3/c1-29-23(27)20-14-25-19(9-15-5-3-2-4-6-15)10-21(20)26-22-17-7-16-8-18(22)13-24(28,11-16)12-17/h2-6,10,14,16-18,22,28H,7-9,11-13H2,1H3,(H,25,26)/t16?,17-,18+,22?,24?.